The van der Waals surface area contributed by atoms with E-state index in [0.717, 1.165) is 5.56 Å². The van der Waals surface area contributed by atoms with E-state index in [4.69, 9.17) is 5.11 Å². The number of hydrogen-bond donors (Lipinski definition) is 2. The number of hydrogen-bond acceptors (Lipinski definition) is 3. The summed E-state index contributed by atoms with van der Waals surface area (Å²) < 4.78 is 13.8. The summed E-state index contributed by atoms with van der Waals surface area (Å²) >= 11 is 3.11. The lowest BCUT2D eigenvalue weighted by atomic mass is 10.2. The second kappa shape index (κ2) is 5.36. The van der Waals surface area contributed by atoms with Crippen LogP contribution >= 0.6 is 15.9 Å². The third-order valence-corrected chi connectivity index (χ3v) is 3.14. The first-order chi connectivity index (χ1) is 8.97. The highest BCUT2D eigenvalue weighted by Gasteiger charge is 2.07. The highest BCUT2D eigenvalue weighted by Crippen LogP contribution is 2.26. The van der Waals surface area contributed by atoms with E-state index < -0.39 is 5.97 Å². The smallest absolute Gasteiger partial charge is 0.354 e. The van der Waals surface area contributed by atoms with Gasteiger partial charge in [-0.15, -0.1) is 0 Å². The van der Waals surface area contributed by atoms with E-state index >= 15 is 0 Å². The minimum absolute atomic E-state index is 0.0377. The number of pyridine rings is 1. The number of rotatable bonds is 3. The van der Waals surface area contributed by atoms with Crippen molar-refractivity contribution in [3.05, 3.63) is 52.0 Å². The van der Waals surface area contributed by atoms with Crippen LogP contribution in [0.15, 0.2) is 34.9 Å². The molecule has 0 unspecified atom stereocenters. The molecule has 19 heavy (non-hydrogen) atoms. The number of aryl methyl sites for hydroxylation is 1. The quantitative estimate of drug-likeness (QED) is 0.902. The van der Waals surface area contributed by atoms with Gasteiger partial charge in [-0.25, -0.2) is 14.2 Å². The Bertz CT molecular complexity index is 629. The molecule has 0 spiro atoms. The number of nitrogens with one attached hydrogen (secondary N) is 1. The average Bonchev–Trinajstić information content (AvgIpc) is 2.36. The van der Waals surface area contributed by atoms with E-state index in [9.17, 15) is 9.18 Å². The van der Waals surface area contributed by atoms with E-state index in [1.807, 2.05) is 6.92 Å². The summed E-state index contributed by atoms with van der Waals surface area (Å²) in [6.45, 7) is 1.84. The lowest BCUT2D eigenvalue weighted by molar-refractivity contribution is 0.0690. The molecular weight excluding hydrogens is 315 g/mol. The molecule has 0 atom stereocenters. The number of carboxylic acid groups (broad SMARTS) is 1. The van der Waals surface area contributed by atoms with Crippen LogP contribution in [-0.2, 0) is 0 Å². The number of aromatic nitrogens is 1. The fourth-order valence-corrected chi connectivity index (χ4v) is 1.99. The molecule has 2 aromatic rings. The van der Waals surface area contributed by atoms with Gasteiger partial charge in [0.25, 0.3) is 0 Å². The van der Waals surface area contributed by atoms with Crippen LogP contribution in [-0.4, -0.2) is 16.1 Å². The molecule has 0 radical (unpaired) electrons. The predicted octanol–water partition coefficient (Wildman–Crippen LogP) is 3.73. The van der Waals surface area contributed by atoms with E-state index in [-0.39, 0.29) is 11.5 Å². The molecule has 0 aliphatic rings. The first kappa shape index (κ1) is 13.5. The first-order valence-electron chi connectivity index (χ1n) is 5.39. The summed E-state index contributed by atoms with van der Waals surface area (Å²) in [4.78, 5) is 14.4. The predicted molar refractivity (Wildman–Crippen MR) is 73.3 cm³/mol. The van der Waals surface area contributed by atoms with Gasteiger partial charge in [-0.2, -0.15) is 0 Å². The summed E-state index contributed by atoms with van der Waals surface area (Å²) in [6.07, 6.45) is 1.39. The minimum Gasteiger partial charge on any atom is -0.477 e. The number of carboxylic acids is 1. The number of aromatic carboxylic acids is 1. The minimum atomic E-state index is -1.09. The summed E-state index contributed by atoms with van der Waals surface area (Å²) in [7, 11) is 0. The normalized spacial score (nSPS) is 10.3. The van der Waals surface area contributed by atoms with Gasteiger partial charge in [-0.3, -0.25) is 0 Å². The van der Waals surface area contributed by atoms with E-state index in [1.54, 1.807) is 12.1 Å². The van der Waals surface area contributed by atoms with Gasteiger partial charge in [0.05, 0.1) is 16.4 Å². The Morgan fingerprint density at radius 3 is 2.74 bits per heavy atom. The molecule has 2 rings (SSSR count). The Morgan fingerprint density at radius 2 is 2.16 bits per heavy atom. The van der Waals surface area contributed by atoms with Crippen LogP contribution in [0.3, 0.4) is 0 Å². The fraction of sp³-hybridized carbons (Fsp3) is 0.0769. The highest BCUT2D eigenvalue weighted by molar-refractivity contribution is 9.10. The number of halogens is 2. The van der Waals surface area contributed by atoms with Crippen molar-refractivity contribution in [2.24, 2.45) is 0 Å². The van der Waals surface area contributed by atoms with Crippen molar-refractivity contribution in [1.82, 2.24) is 4.98 Å². The van der Waals surface area contributed by atoms with Gasteiger partial charge in [0.15, 0.2) is 0 Å². The lowest BCUT2D eigenvalue weighted by Crippen LogP contribution is -2.01. The van der Waals surface area contributed by atoms with Gasteiger partial charge in [0, 0.05) is 5.69 Å². The van der Waals surface area contributed by atoms with Crippen LogP contribution in [0.1, 0.15) is 16.1 Å². The Kier molecular flexibility index (Phi) is 3.80. The van der Waals surface area contributed by atoms with Crippen molar-refractivity contribution in [2.45, 2.75) is 6.92 Å². The van der Waals surface area contributed by atoms with Gasteiger partial charge >= 0.3 is 5.97 Å². The number of benzene rings is 1. The van der Waals surface area contributed by atoms with E-state index in [2.05, 4.69) is 26.2 Å². The number of carbonyl (C=O) groups is 1. The van der Waals surface area contributed by atoms with Crippen LogP contribution < -0.4 is 5.32 Å². The third-order valence-electron chi connectivity index (χ3n) is 2.53. The molecule has 98 valence electrons. The molecule has 4 nitrogen and oxygen atoms in total. The average molecular weight is 325 g/mol. The summed E-state index contributed by atoms with van der Waals surface area (Å²) in [5, 5.41) is 11.7. The first-order valence-corrected chi connectivity index (χ1v) is 6.18. The Labute approximate surface area is 117 Å². The molecule has 0 aliphatic carbocycles. The van der Waals surface area contributed by atoms with Crippen LogP contribution in [0.5, 0.6) is 0 Å². The molecule has 0 aliphatic heterocycles. The van der Waals surface area contributed by atoms with Crippen LogP contribution in [0.25, 0.3) is 0 Å². The molecule has 0 amide bonds. The maximum absolute atomic E-state index is 13.5. The van der Waals surface area contributed by atoms with Crippen molar-refractivity contribution in [3.63, 3.8) is 0 Å². The van der Waals surface area contributed by atoms with E-state index in [1.165, 1.54) is 18.3 Å². The third kappa shape index (κ3) is 3.08. The maximum Gasteiger partial charge on any atom is 0.354 e. The molecule has 2 N–H and O–H groups in total. The number of anilines is 2. The van der Waals surface area contributed by atoms with Crippen molar-refractivity contribution in [3.8, 4) is 0 Å². The molecule has 1 aromatic carbocycles. The zero-order valence-electron chi connectivity index (χ0n) is 9.95. The zero-order chi connectivity index (χ0) is 14.0. The Morgan fingerprint density at radius 1 is 1.42 bits per heavy atom. The summed E-state index contributed by atoms with van der Waals surface area (Å²) in [6, 6.07) is 5.99. The Balaban J connectivity index is 2.26. The molecule has 0 saturated carbocycles. The van der Waals surface area contributed by atoms with Crippen molar-refractivity contribution in [1.29, 1.82) is 0 Å². The molecule has 1 aromatic heterocycles. The highest BCUT2D eigenvalue weighted by atomic mass is 79.9. The molecule has 1 heterocycles. The van der Waals surface area contributed by atoms with Gasteiger partial charge in [-0.05, 0) is 52.7 Å². The molecule has 6 heteroatoms. The van der Waals surface area contributed by atoms with Gasteiger partial charge in [0.2, 0.25) is 0 Å². The zero-order valence-corrected chi connectivity index (χ0v) is 11.5. The monoisotopic (exact) mass is 324 g/mol. The Hall–Kier alpha value is -1.95. The van der Waals surface area contributed by atoms with Gasteiger partial charge in [0.1, 0.15) is 11.5 Å². The summed E-state index contributed by atoms with van der Waals surface area (Å²) in [5.41, 5.74) is 2.01. The van der Waals surface area contributed by atoms with Crippen molar-refractivity contribution in [2.75, 3.05) is 5.32 Å². The molecule has 0 bridgehead atoms. The standard InChI is InChI=1S/C13H10BrFN2O2/c1-7-4-9(14)10(15)5-12(7)17-8-2-3-11(13(18)19)16-6-8/h2-6,17H,1H3,(H,18,19). The lowest BCUT2D eigenvalue weighted by Gasteiger charge is -2.10. The van der Waals surface area contributed by atoms with E-state index in [0.29, 0.717) is 15.8 Å². The van der Waals surface area contributed by atoms with Crippen LogP contribution in [0.2, 0.25) is 0 Å². The van der Waals surface area contributed by atoms with Crippen LogP contribution in [0.4, 0.5) is 15.8 Å². The molecule has 0 fully saturated rings. The fourth-order valence-electron chi connectivity index (χ4n) is 1.53. The topological polar surface area (TPSA) is 62.2 Å². The second-order valence-electron chi connectivity index (χ2n) is 3.94. The van der Waals surface area contributed by atoms with Gasteiger partial charge in [-0.1, -0.05) is 0 Å². The van der Waals surface area contributed by atoms with Crippen molar-refractivity contribution >= 4 is 33.3 Å². The number of nitrogens with zero attached hydrogens (tertiary/aromatic N) is 1. The summed E-state index contributed by atoms with van der Waals surface area (Å²) in [5.74, 6) is -1.46. The van der Waals surface area contributed by atoms with Crippen LogP contribution in [0, 0.1) is 12.7 Å². The molecule has 0 saturated heterocycles. The molecular formula is C13H10BrFN2O2. The second-order valence-corrected chi connectivity index (χ2v) is 4.80. The SMILES string of the molecule is Cc1cc(Br)c(F)cc1Nc1ccc(C(=O)O)nc1. The van der Waals surface area contributed by atoms with Gasteiger partial charge < -0.3 is 10.4 Å². The maximum atomic E-state index is 13.5. The van der Waals surface area contributed by atoms with Crippen molar-refractivity contribution < 1.29 is 14.3 Å². The largest absolute Gasteiger partial charge is 0.477 e.